The molecule has 0 aliphatic rings. The molecule has 1 heterocycles. The van der Waals surface area contributed by atoms with E-state index in [-0.39, 0.29) is 12.4 Å². The van der Waals surface area contributed by atoms with Gasteiger partial charge in [0.2, 0.25) is 5.88 Å². The highest BCUT2D eigenvalue weighted by molar-refractivity contribution is 5.97. The van der Waals surface area contributed by atoms with Crippen LogP contribution in [0.1, 0.15) is 11.1 Å². The van der Waals surface area contributed by atoms with E-state index >= 15 is 0 Å². The normalized spacial score (nSPS) is 11.0. The molecule has 7 heteroatoms. The lowest BCUT2D eigenvalue weighted by molar-refractivity contribution is -0.122. The Hall–Kier alpha value is -3.61. The topological polar surface area (TPSA) is 89.6 Å². The second kappa shape index (κ2) is 9.76. The largest absolute Gasteiger partial charge is 0.481 e. The molecule has 0 saturated heterocycles. The van der Waals surface area contributed by atoms with Gasteiger partial charge in [0.05, 0.1) is 7.11 Å². The first-order valence-electron chi connectivity index (χ1n) is 8.16. The summed E-state index contributed by atoms with van der Waals surface area (Å²) in [5.41, 5.74) is 1.51. The molecule has 27 heavy (non-hydrogen) atoms. The molecule has 2 N–H and O–H groups in total. The fraction of sp³-hybridized carbons (Fsp3) is 0.150. The van der Waals surface area contributed by atoms with Gasteiger partial charge >= 0.3 is 6.09 Å². The van der Waals surface area contributed by atoms with E-state index in [0.29, 0.717) is 11.4 Å². The molecular weight excluding hydrogens is 346 g/mol. The van der Waals surface area contributed by atoms with E-state index in [4.69, 9.17) is 9.47 Å². The third kappa shape index (κ3) is 5.71. The fourth-order valence-corrected chi connectivity index (χ4v) is 2.15. The van der Waals surface area contributed by atoms with Crippen LogP contribution in [0.15, 0.2) is 61.7 Å². The minimum Gasteiger partial charge on any atom is -0.481 e. The standard InChI is InChI=1S/C20H21N3O4/c1-4-15-11-12-17(26-3)22-18(15)23-19(24)16(5-2)27-20(25)21-13-14-9-7-6-8-10-14/h4-12,16H,1-2,13H2,3H3,(H,21,25)(H,22,23,24)/t16-/m0/s1. The molecule has 0 fully saturated rings. The van der Waals surface area contributed by atoms with Crippen LogP contribution in [0.5, 0.6) is 5.88 Å². The van der Waals surface area contributed by atoms with Crippen molar-refractivity contribution in [2.75, 3.05) is 12.4 Å². The highest BCUT2D eigenvalue weighted by Crippen LogP contribution is 2.19. The van der Waals surface area contributed by atoms with Crippen LogP contribution in [0.25, 0.3) is 6.08 Å². The second-order valence-corrected chi connectivity index (χ2v) is 5.39. The van der Waals surface area contributed by atoms with E-state index in [1.807, 2.05) is 30.3 Å². The zero-order chi connectivity index (χ0) is 19.6. The highest BCUT2D eigenvalue weighted by atomic mass is 16.6. The number of anilines is 1. The molecule has 0 bridgehead atoms. The Morgan fingerprint density at radius 1 is 1.19 bits per heavy atom. The molecule has 2 rings (SSSR count). The van der Waals surface area contributed by atoms with Crippen LogP contribution >= 0.6 is 0 Å². The Morgan fingerprint density at radius 3 is 2.56 bits per heavy atom. The second-order valence-electron chi connectivity index (χ2n) is 5.39. The first-order valence-corrected chi connectivity index (χ1v) is 8.16. The Bertz CT molecular complexity index is 821. The van der Waals surface area contributed by atoms with E-state index in [9.17, 15) is 9.59 Å². The molecule has 2 aromatic rings. The predicted molar refractivity (Wildman–Crippen MR) is 103 cm³/mol. The van der Waals surface area contributed by atoms with E-state index in [1.165, 1.54) is 13.2 Å². The van der Waals surface area contributed by atoms with Crippen molar-refractivity contribution in [3.8, 4) is 5.88 Å². The molecule has 0 aliphatic carbocycles. The number of pyridine rings is 1. The molecular formula is C20H21N3O4. The summed E-state index contributed by atoms with van der Waals surface area (Å²) in [7, 11) is 1.47. The maximum Gasteiger partial charge on any atom is 0.408 e. The Kier molecular flexibility index (Phi) is 7.13. The molecule has 1 atom stereocenters. The number of amides is 2. The van der Waals surface area contributed by atoms with Crippen molar-refractivity contribution >= 4 is 23.9 Å². The zero-order valence-electron chi connectivity index (χ0n) is 15.0. The van der Waals surface area contributed by atoms with Crippen LogP contribution in [0.3, 0.4) is 0 Å². The number of hydrogen-bond donors (Lipinski definition) is 2. The van der Waals surface area contributed by atoms with E-state index < -0.39 is 18.1 Å². The van der Waals surface area contributed by atoms with Crippen molar-refractivity contribution in [1.82, 2.24) is 10.3 Å². The number of aromatic nitrogens is 1. The summed E-state index contributed by atoms with van der Waals surface area (Å²) >= 11 is 0. The van der Waals surface area contributed by atoms with Crippen LogP contribution < -0.4 is 15.4 Å². The number of carbonyl (C=O) groups excluding carboxylic acids is 2. The van der Waals surface area contributed by atoms with Crippen molar-refractivity contribution < 1.29 is 19.1 Å². The summed E-state index contributed by atoms with van der Waals surface area (Å²) in [4.78, 5) is 28.5. The molecule has 0 radical (unpaired) electrons. The molecule has 140 valence electrons. The summed E-state index contributed by atoms with van der Waals surface area (Å²) in [6, 6.07) is 12.7. The lowest BCUT2D eigenvalue weighted by Crippen LogP contribution is -2.35. The van der Waals surface area contributed by atoms with Crippen LogP contribution in [0.2, 0.25) is 0 Å². The van der Waals surface area contributed by atoms with Gasteiger partial charge in [0.15, 0.2) is 6.10 Å². The molecule has 1 aromatic carbocycles. The number of benzene rings is 1. The lowest BCUT2D eigenvalue weighted by atomic mass is 10.2. The quantitative estimate of drug-likeness (QED) is 0.700. The summed E-state index contributed by atoms with van der Waals surface area (Å²) in [6.07, 6.45) is 0.844. The van der Waals surface area contributed by atoms with Crippen LogP contribution in [0.4, 0.5) is 10.6 Å². The van der Waals surface area contributed by atoms with Crippen molar-refractivity contribution in [3.05, 3.63) is 72.8 Å². The number of nitrogens with one attached hydrogen (secondary N) is 2. The predicted octanol–water partition coefficient (Wildman–Crippen LogP) is 3.15. The van der Waals surface area contributed by atoms with Crippen molar-refractivity contribution in [2.24, 2.45) is 0 Å². The van der Waals surface area contributed by atoms with Gasteiger partial charge < -0.3 is 20.1 Å². The number of carbonyl (C=O) groups is 2. The maximum atomic E-state index is 12.4. The molecule has 7 nitrogen and oxygen atoms in total. The molecule has 0 aliphatic heterocycles. The van der Waals surface area contributed by atoms with Gasteiger partial charge in [0.25, 0.3) is 5.91 Å². The Balaban J connectivity index is 1.98. The first kappa shape index (κ1) is 19.7. The van der Waals surface area contributed by atoms with E-state index in [0.717, 1.165) is 5.56 Å². The Morgan fingerprint density at radius 2 is 1.93 bits per heavy atom. The number of rotatable bonds is 8. The van der Waals surface area contributed by atoms with Crippen LogP contribution in [-0.2, 0) is 16.1 Å². The van der Waals surface area contributed by atoms with Gasteiger partial charge in [-0.1, -0.05) is 49.6 Å². The minimum atomic E-state index is -1.19. The first-order chi connectivity index (χ1) is 13.1. The van der Waals surface area contributed by atoms with Gasteiger partial charge in [-0.2, -0.15) is 4.98 Å². The van der Waals surface area contributed by atoms with E-state index in [2.05, 4.69) is 28.8 Å². The van der Waals surface area contributed by atoms with Crippen molar-refractivity contribution in [1.29, 1.82) is 0 Å². The molecule has 2 amide bonds. The molecule has 1 aromatic heterocycles. The van der Waals surface area contributed by atoms with Crippen molar-refractivity contribution in [2.45, 2.75) is 12.6 Å². The van der Waals surface area contributed by atoms with Crippen LogP contribution in [0, 0.1) is 0 Å². The summed E-state index contributed by atoms with van der Waals surface area (Å²) in [5, 5.41) is 5.17. The SMILES string of the molecule is C=Cc1ccc(OC)nc1NC(=O)[C@H](C=C)OC(=O)NCc1ccccc1. The van der Waals surface area contributed by atoms with Crippen LogP contribution in [-0.4, -0.2) is 30.2 Å². The molecule has 0 saturated carbocycles. The third-order valence-corrected chi connectivity index (χ3v) is 3.56. The molecule has 0 spiro atoms. The lowest BCUT2D eigenvalue weighted by Gasteiger charge is -2.15. The minimum absolute atomic E-state index is 0.245. The zero-order valence-corrected chi connectivity index (χ0v) is 15.0. The highest BCUT2D eigenvalue weighted by Gasteiger charge is 2.21. The van der Waals surface area contributed by atoms with Gasteiger partial charge in [-0.05, 0) is 17.7 Å². The van der Waals surface area contributed by atoms with Gasteiger partial charge in [0.1, 0.15) is 5.82 Å². The smallest absolute Gasteiger partial charge is 0.408 e. The summed E-state index contributed by atoms with van der Waals surface area (Å²) in [6.45, 7) is 7.49. The number of alkyl carbamates (subject to hydrolysis) is 1. The Labute approximate surface area is 157 Å². The monoisotopic (exact) mass is 367 g/mol. The third-order valence-electron chi connectivity index (χ3n) is 3.56. The van der Waals surface area contributed by atoms with Crippen molar-refractivity contribution in [3.63, 3.8) is 0 Å². The summed E-state index contributed by atoms with van der Waals surface area (Å²) in [5.74, 6) is -0.0224. The number of hydrogen-bond acceptors (Lipinski definition) is 5. The summed E-state index contributed by atoms with van der Waals surface area (Å²) < 4.78 is 10.2. The van der Waals surface area contributed by atoms with Gasteiger partial charge in [-0.25, -0.2) is 4.79 Å². The van der Waals surface area contributed by atoms with Gasteiger partial charge in [-0.3, -0.25) is 4.79 Å². The fourth-order valence-electron chi connectivity index (χ4n) is 2.15. The average molecular weight is 367 g/mol. The maximum absolute atomic E-state index is 12.4. The average Bonchev–Trinajstić information content (AvgIpc) is 2.71. The number of nitrogens with zero attached hydrogens (tertiary/aromatic N) is 1. The molecule has 0 unspecified atom stereocenters. The number of ether oxygens (including phenoxy) is 2. The van der Waals surface area contributed by atoms with Gasteiger partial charge in [0, 0.05) is 18.2 Å². The van der Waals surface area contributed by atoms with Gasteiger partial charge in [-0.15, -0.1) is 0 Å². The van der Waals surface area contributed by atoms with E-state index in [1.54, 1.807) is 18.2 Å². The number of methoxy groups -OCH3 is 1.